The summed E-state index contributed by atoms with van der Waals surface area (Å²) in [4.78, 5) is 1.31. The molecule has 0 aliphatic carbocycles. The Balaban J connectivity index is 1.59. The normalized spacial score (nSPS) is 14.6. The summed E-state index contributed by atoms with van der Waals surface area (Å²) in [6, 6.07) is 14.0. The Bertz CT molecular complexity index is 1180. The molecule has 1 aromatic heterocycles. The van der Waals surface area contributed by atoms with Crippen molar-refractivity contribution >= 4 is 21.5 Å². The van der Waals surface area contributed by atoms with Gasteiger partial charge in [-0.3, -0.25) is 4.72 Å². The molecule has 2 aromatic carbocycles. The second kappa shape index (κ2) is 8.18. The molecule has 3 aromatic rings. The van der Waals surface area contributed by atoms with Gasteiger partial charge in [0.2, 0.25) is 0 Å². The lowest BCUT2D eigenvalue weighted by atomic mass is 10.1. The van der Waals surface area contributed by atoms with E-state index in [4.69, 9.17) is 0 Å². The molecule has 0 spiro atoms. The van der Waals surface area contributed by atoms with E-state index in [0.717, 1.165) is 49.9 Å². The van der Waals surface area contributed by atoms with Gasteiger partial charge in [0.05, 0.1) is 16.2 Å². The Labute approximate surface area is 177 Å². The lowest BCUT2D eigenvalue weighted by Crippen LogP contribution is -2.19. The standard InChI is InChI=1S/C21H19F3N4O2S/c22-21(23,24)17-8-1-2-9-19(17)31(29,30)27-16-7-5-6-15(14-16)18-10-11-20(26-25-18)28-12-3-4-13-28/h1-2,5-11,14,27H,3-4,12-13H2. The zero-order chi connectivity index (χ0) is 22.1. The zero-order valence-electron chi connectivity index (χ0n) is 16.3. The van der Waals surface area contributed by atoms with Gasteiger partial charge in [-0.15, -0.1) is 10.2 Å². The molecule has 4 rings (SSSR count). The van der Waals surface area contributed by atoms with Crippen molar-refractivity contribution in [2.24, 2.45) is 0 Å². The quantitative estimate of drug-likeness (QED) is 0.619. The highest BCUT2D eigenvalue weighted by Gasteiger charge is 2.36. The van der Waals surface area contributed by atoms with Crippen molar-refractivity contribution < 1.29 is 21.6 Å². The monoisotopic (exact) mass is 448 g/mol. The van der Waals surface area contributed by atoms with Gasteiger partial charge in [0.15, 0.2) is 5.82 Å². The van der Waals surface area contributed by atoms with E-state index in [1.807, 2.05) is 6.07 Å². The Morgan fingerprint density at radius 1 is 0.903 bits per heavy atom. The number of aromatic nitrogens is 2. The molecule has 0 atom stereocenters. The van der Waals surface area contributed by atoms with Crippen LogP contribution in [0.15, 0.2) is 65.6 Å². The van der Waals surface area contributed by atoms with Crippen molar-refractivity contribution in [1.82, 2.24) is 10.2 Å². The summed E-state index contributed by atoms with van der Waals surface area (Å²) in [5, 5.41) is 8.46. The second-order valence-corrected chi connectivity index (χ2v) is 8.80. The fourth-order valence-corrected chi connectivity index (χ4v) is 4.76. The molecular weight excluding hydrogens is 429 g/mol. The molecule has 1 aliphatic rings. The highest BCUT2D eigenvalue weighted by atomic mass is 32.2. The molecular formula is C21H19F3N4O2S. The van der Waals surface area contributed by atoms with Gasteiger partial charge in [-0.25, -0.2) is 8.42 Å². The molecule has 1 aliphatic heterocycles. The smallest absolute Gasteiger partial charge is 0.355 e. The Kier molecular flexibility index (Phi) is 5.57. The topological polar surface area (TPSA) is 75.2 Å². The van der Waals surface area contributed by atoms with Crippen LogP contribution in [0.25, 0.3) is 11.3 Å². The number of rotatable bonds is 5. The molecule has 2 heterocycles. The first-order chi connectivity index (χ1) is 14.7. The number of nitrogens with one attached hydrogen (secondary N) is 1. The van der Waals surface area contributed by atoms with Crippen molar-refractivity contribution in [3.05, 3.63) is 66.2 Å². The third-order valence-corrected chi connectivity index (χ3v) is 6.41. The van der Waals surface area contributed by atoms with E-state index in [-0.39, 0.29) is 5.69 Å². The summed E-state index contributed by atoms with van der Waals surface area (Å²) in [7, 11) is -4.46. The Morgan fingerprint density at radius 2 is 1.65 bits per heavy atom. The predicted molar refractivity (Wildman–Crippen MR) is 111 cm³/mol. The van der Waals surface area contributed by atoms with Gasteiger partial charge in [0.25, 0.3) is 10.0 Å². The van der Waals surface area contributed by atoms with Crippen LogP contribution >= 0.6 is 0 Å². The highest BCUT2D eigenvalue weighted by Crippen LogP contribution is 2.35. The molecule has 0 saturated carbocycles. The van der Waals surface area contributed by atoms with E-state index < -0.39 is 26.7 Å². The van der Waals surface area contributed by atoms with Gasteiger partial charge in [-0.05, 0) is 49.2 Å². The second-order valence-electron chi connectivity index (χ2n) is 7.15. The van der Waals surface area contributed by atoms with Crippen molar-refractivity contribution in [2.75, 3.05) is 22.7 Å². The number of anilines is 2. The van der Waals surface area contributed by atoms with Crippen LogP contribution in [0.3, 0.4) is 0 Å². The summed E-state index contributed by atoms with van der Waals surface area (Å²) in [5.74, 6) is 0.780. The summed E-state index contributed by atoms with van der Waals surface area (Å²) < 4.78 is 67.3. The third kappa shape index (κ3) is 4.63. The minimum atomic E-state index is -4.79. The maximum Gasteiger partial charge on any atom is 0.417 e. The first kappa shape index (κ1) is 21.1. The Morgan fingerprint density at radius 3 is 2.32 bits per heavy atom. The van der Waals surface area contributed by atoms with Crippen LogP contribution in [0.4, 0.5) is 24.7 Å². The van der Waals surface area contributed by atoms with Crippen LogP contribution < -0.4 is 9.62 Å². The molecule has 1 N–H and O–H groups in total. The third-order valence-electron chi connectivity index (χ3n) is 4.97. The number of sulfonamides is 1. The average molecular weight is 448 g/mol. The van der Waals surface area contributed by atoms with Crippen molar-refractivity contribution in [3.63, 3.8) is 0 Å². The van der Waals surface area contributed by atoms with Crippen LogP contribution in [-0.4, -0.2) is 31.7 Å². The van der Waals surface area contributed by atoms with Gasteiger partial charge in [-0.2, -0.15) is 13.2 Å². The van der Waals surface area contributed by atoms with Crippen LogP contribution in [-0.2, 0) is 16.2 Å². The first-order valence-corrected chi connectivity index (χ1v) is 11.1. The summed E-state index contributed by atoms with van der Waals surface area (Å²) in [6.07, 6.45) is -2.56. The van der Waals surface area contributed by atoms with Crippen LogP contribution in [0.5, 0.6) is 0 Å². The lowest BCUT2D eigenvalue weighted by Gasteiger charge is -2.16. The SMILES string of the molecule is O=S(=O)(Nc1cccc(-c2ccc(N3CCCC3)nn2)c1)c1ccccc1C(F)(F)F. The molecule has 10 heteroatoms. The van der Waals surface area contributed by atoms with E-state index in [9.17, 15) is 21.6 Å². The number of alkyl halides is 3. The van der Waals surface area contributed by atoms with Gasteiger partial charge in [0.1, 0.15) is 0 Å². The minimum Gasteiger partial charge on any atom is -0.355 e. The number of hydrogen-bond donors (Lipinski definition) is 1. The van der Waals surface area contributed by atoms with E-state index >= 15 is 0 Å². The maximum atomic E-state index is 13.2. The average Bonchev–Trinajstić information content (AvgIpc) is 3.28. The molecule has 0 bridgehead atoms. The van der Waals surface area contributed by atoms with E-state index in [0.29, 0.717) is 11.3 Å². The van der Waals surface area contributed by atoms with E-state index in [1.54, 1.807) is 18.2 Å². The predicted octanol–water partition coefficient (Wildman–Crippen LogP) is 4.56. The number of halogens is 3. The van der Waals surface area contributed by atoms with Gasteiger partial charge in [0, 0.05) is 24.3 Å². The molecule has 31 heavy (non-hydrogen) atoms. The fourth-order valence-electron chi connectivity index (χ4n) is 3.48. The van der Waals surface area contributed by atoms with Crippen molar-refractivity contribution in [1.29, 1.82) is 0 Å². The van der Waals surface area contributed by atoms with Crippen molar-refractivity contribution in [3.8, 4) is 11.3 Å². The van der Waals surface area contributed by atoms with E-state index in [2.05, 4.69) is 19.8 Å². The summed E-state index contributed by atoms with van der Waals surface area (Å²) in [6.45, 7) is 1.87. The molecule has 6 nitrogen and oxygen atoms in total. The fraction of sp³-hybridized carbons (Fsp3) is 0.238. The summed E-state index contributed by atoms with van der Waals surface area (Å²) >= 11 is 0. The highest BCUT2D eigenvalue weighted by molar-refractivity contribution is 7.92. The van der Waals surface area contributed by atoms with Crippen LogP contribution in [0.1, 0.15) is 18.4 Å². The largest absolute Gasteiger partial charge is 0.417 e. The minimum absolute atomic E-state index is 0.125. The zero-order valence-corrected chi connectivity index (χ0v) is 17.1. The molecule has 162 valence electrons. The molecule has 0 radical (unpaired) electrons. The maximum absolute atomic E-state index is 13.2. The number of hydrogen-bond acceptors (Lipinski definition) is 5. The van der Waals surface area contributed by atoms with E-state index in [1.165, 1.54) is 18.2 Å². The summed E-state index contributed by atoms with van der Waals surface area (Å²) in [5.41, 5.74) is 0.0198. The lowest BCUT2D eigenvalue weighted by molar-refractivity contribution is -0.139. The van der Waals surface area contributed by atoms with Gasteiger partial charge >= 0.3 is 6.18 Å². The first-order valence-electron chi connectivity index (χ1n) is 9.62. The molecule has 0 amide bonds. The van der Waals surface area contributed by atoms with Gasteiger partial charge in [-0.1, -0.05) is 24.3 Å². The molecule has 0 unspecified atom stereocenters. The van der Waals surface area contributed by atoms with Crippen LogP contribution in [0, 0.1) is 0 Å². The molecule has 1 saturated heterocycles. The number of nitrogens with zero attached hydrogens (tertiary/aromatic N) is 3. The van der Waals surface area contributed by atoms with Crippen LogP contribution in [0.2, 0.25) is 0 Å². The number of benzene rings is 2. The Hall–Kier alpha value is -3.14. The molecule has 1 fully saturated rings. The van der Waals surface area contributed by atoms with Gasteiger partial charge < -0.3 is 4.90 Å². The van der Waals surface area contributed by atoms with Crippen molar-refractivity contribution in [2.45, 2.75) is 23.9 Å².